The van der Waals surface area contributed by atoms with Gasteiger partial charge in [-0.25, -0.2) is 0 Å². The van der Waals surface area contributed by atoms with Crippen LogP contribution in [0.25, 0.3) is 11.1 Å². The van der Waals surface area contributed by atoms with Crippen LogP contribution in [0.4, 0.5) is 34.1 Å². The Kier molecular flexibility index (Phi) is 7.45. The molecule has 0 aliphatic rings. The predicted octanol–water partition coefficient (Wildman–Crippen LogP) is 10.0. The van der Waals surface area contributed by atoms with E-state index in [4.69, 9.17) is 0 Å². The average molecular weight is 539 g/mol. The largest absolute Gasteiger partial charge is 0.310 e. The van der Waals surface area contributed by atoms with Crippen molar-refractivity contribution in [1.82, 2.24) is 0 Å². The molecule has 0 N–H and O–H groups in total. The van der Waals surface area contributed by atoms with Gasteiger partial charge in [-0.3, -0.25) is 0 Å². The van der Waals surface area contributed by atoms with Gasteiger partial charge in [-0.2, -0.15) is 10.5 Å². The van der Waals surface area contributed by atoms with Crippen LogP contribution in [-0.4, -0.2) is 0 Å². The minimum atomic E-state index is 0.619. The number of rotatable bonds is 7. The zero-order valence-corrected chi connectivity index (χ0v) is 22.8. The minimum absolute atomic E-state index is 0.619. The van der Waals surface area contributed by atoms with E-state index < -0.39 is 0 Å². The number of hydrogen-bond acceptors (Lipinski definition) is 4. The lowest BCUT2D eigenvalue weighted by Crippen LogP contribution is -2.10. The minimum Gasteiger partial charge on any atom is -0.310 e. The van der Waals surface area contributed by atoms with Crippen LogP contribution in [-0.2, 0) is 0 Å². The molecule has 0 aromatic heterocycles. The van der Waals surface area contributed by atoms with Crippen molar-refractivity contribution in [3.63, 3.8) is 0 Å². The summed E-state index contributed by atoms with van der Waals surface area (Å²) in [6, 6.07) is 57.1. The lowest BCUT2D eigenvalue weighted by Gasteiger charge is -2.26. The van der Waals surface area contributed by atoms with Crippen molar-refractivity contribution in [2.24, 2.45) is 0 Å². The summed E-state index contributed by atoms with van der Waals surface area (Å²) < 4.78 is 0. The summed E-state index contributed by atoms with van der Waals surface area (Å²) in [5.41, 5.74) is 9.34. The van der Waals surface area contributed by atoms with Gasteiger partial charge in [-0.15, -0.1) is 0 Å². The van der Waals surface area contributed by atoms with E-state index >= 15 is 0 Å². The van der Waals surface area contributed by atoms with Gasteiger partial charge < -0.3 is 9.80 Å². The van der Waals surface area contributed by atoms with Gasteiger partial charge in [-0.1, -0.05) is 72.8 Å². The van der Waals surface area contributed by atoms with Crippen LogP contribution < -0.4 is 9.80 Å². The summed E-state index contributed by atoms with van der Waals surface area (Å²) in [5.74, 6) is 0. The molecule has 6 aromatic carbocycles. The monoisotopic (exact) mass is 538 g/mol. The number of nitriles is 2. The van der Waals surface area contributed by atoms with E-state index in [1.807, 2.05) is 84.9 Å². The molecule has 0 fully saturated rings. The third-order valence-corrected chi connectivity index (χ3v) is 7.08. The molecule has 198 valence electrons. The number of nitrogens with zero attached hydrogens (tertiary/aromatic N) is 4. The van der Waals surface area contributed by atoms with Gasteiger partial charge in [0.05, 0.1) is 23.3 Å². The summed E-state index contributed by atoms with van der Waals surface area (Å²) in [6.45, 7) is 0. The van der Waals surface area contributed by atoms with Crippen LogP contribution in [0.3, 0.4) is 0 Å². The second kappa shape index (κ2) is 12.0. The quantitative estimate of drug-likeness (QED) is 0.203. The Morgan fingerprint density at radius 2 is 0.667 bits per heavy atom. The Bertz CT molecular complexity index is 1740. The molecule has 0 heterocycles. The maximum Gasteiger partial charge on any atom is 0.0992 e. The van der Waals surface area contributed by atoms with E-state index in [0.717, 1.165) is 45.3 Å². The molecule has 0 saturated heterocycles. The first kappa shape index (κ1) is 26.1. The van der Waals surface area contributed by atoms with Crippen molar-refractivity contribution in [3.8, 4) is 23.3 Å². The third kappa shape index (κ3) is 5.47. The maximum absolute atomic E-state index is 9.47. The molecule has 0 atom stereocenters. The molecule has 6 rings (SSSR count). The Labute approximate surface area is 246 Å². The highest BCUT2D eigenvalue weighted by Crippen LogP contribution is 2.38. The zero-order valence-electron chi connectivity index (χ0n) is 22.8. The Morgan fingerprint density at radius 1 is 0.333 bits per heavy atom. The van der Waals surface area contributed by atoms with Gasteiger partial charge in [0, 0.05) is 34.1 Å². The highest BCUT2D eigenvalue weighted by molar-refractivity contribution is 5.81. The first-order chi connectivity index (χ1) is 20.7. The molecule has 0 unspecified atom stereocenters. The molecule has 6 aromatic rings. The van der Waals surface area contributed by atoms with Crippen molar-refractivity contribution in [1.29, 1.82) is 10.5 Å². The van der Waals surface area contributed by atoms with E-state index in [0.29, 0.717) is 11.1 Å². The highest BCUT2D eigenvalue weighted by atomic mass is 15.1. The molecule has 4 nitrogen and oxygen atoms in total. The molecular weight excluding hydrogens is 512 g/mol. The smallest absolute Gasteiger partial charge is 0.0992 e. The van der Waals surface area contributed by atoms with Crippen LogP contribution >= 0.6 is 0 Å². The average Bonchev–Trinajstić information content (AvgIpc) is 3.07. The Morgan fingerprint density at radius 3 is 1.02 bits per heavy atom. The van der Waals surface area contributed by atoms with Crippen LogP contribution in [0, 0.1) is 22.7 Å². The maximum atomic E-state index is 9.47. The van der Waals surface area contributed by atoms with Crippen molar-refractivity contribution in [3.05, 3.63) is 169 Å². The van der Waals surface area contributed by atoms with Crippen LogP contribution in [0.15, 0.2) is 158 Å². The lowest BCUT2D eigenvalue weighted by molar-refractivity contribution is 1.27. The topological polar surface area (TPSA) is 54.1 Å². The number of anilines is 6. The zero-order chi connectivity index (χ0) is 28.7. The predicted molar refractivity (Wildman–Crippen MR) is 171 cm³/mol. The van der Waals surface area contributed by atoms with Gasteiger partial charge in [0.2, 0.25) is 0 Å². The van der Waals surface area contributed by atoms with Gasteiger partial charge in [-0.05, 0) is 96.1 Å². The summed E-state index contributed by atoms with van der Waals surface area (Å²) in [7, 11) is 0. The first-order valence-corrected chi connectivity index (χ1v) is 13.6. The Balaban J connectivity index is 1.33. The summed E-state index contributed by atoms with van der Waals surface area (Å²) in [4.78, 5) is 4.31. The third-order valence-electron chi connectivity index (χ3n) is 7.08. The second-order valence-corrected chi connectivity index (χ2v) is 9.76. The molecule has 0 amide bonds. The molecule has 0 aliphatic carbocycles. The van der Waals surface area contributed by atoms with Crippen LogP contribution in [0.2, 0.25) is 0 Å². The fourth-order valence-electron chi connectivity index (χ4n) is 5.08. The van der Waals surface area contributed by atoms with E-state index in [1.54, 1.807) is 0 Å². The molecule has 0 spiro atoms. The fraction of sp³-hybridized carbons (Fsp3) is 0. The number of hydrogen-bond donors (Lipinski definition) is 0. The van der Waals surface area contributed by atoms with Crippen molar-refractivity contribution >= 4 is 34.1 Å². The van der Waals surface area contributed by atoms with E-state index in [-0.39, 0.29) is 0 Å². The van der Waals surface area contributed by atoms with Crippen molar-refractivity contribution < 1.29 is 0 Å². The van der Waals surface area contributed by atoms with Crippen LogP contribution in [0.5, 0.6) is 0 Å². The van der Waals surface area contributed by atoms with Gasteiger partial charge in [0.1, 0.15) is 0 Å². The number of para-hydroxylation sites is 2. The van der Waals surface area contributed by atoms with Gasteiger partial charge in [0.15, 0.2) is 0 Å². The summed E-state index contributed by atoms with van der Waals surface area (Å²) >= 11 is 0. The standard InChI is InChI=1S/C38H26N4/c39-27-29-9-7-15-37(25-29)41(33-11-3-1-4-12-33)35-21-17-31(18-22-35)32-19-23-36(24-20-32)42(34-13-5-2-6-14-34)38-16-8-10-30(26-38)28-40/h1-26H. The van der Waals surface area contributed by atoms with Crippen molar-refractivity contribution in [2.45, 2.75) is 0 Å². The normalized spacial score (nSPS) is 10.3. The van der Waals surface area contributed by atoms with E-state index in [2.05, 4.69) is 94.7 Å². The first-order valence-electron chi connectivity index (χ1n) is 13.6. The molecule has 0 saturated carbocycles. The Hall–Kier alpha value is -6.10. The molecule has 42 heavy (non-hydrogen) atoms. The molecular formula is C38H26N4. The lowest BCUT2D eigenvalue weighted by atomic mass is 10.0. The summed E-state index contributed by atoms with van der Waals surface area (Å²) in [5, 5.41) is 18.9. The SMILES string of the molecule is N#Cc1cccc(N(c2ccccc2)c2ccc(-c3ccc(N(c4ccccc4)c4cccc(C#N)c4)cc3)cc2)c1. The van der Waals surface area contributed by atoms with Gasteiger partial charge in [0.25, 0.3) is 0 Å². The van der Waals surface area contributed by atoms with Gasteiger partial charge >= 0.3 is 0 Å². The van der Waals surface area contributed by atoms with E-state index in [9.17, 15) is 10.5 Å². The van der Waals surface area contributed by atoms with Crippen LogP contribution in [0.1, 0.15) is 11.1 Å². The number of benzene rings is 6. The second-order valence-electron chi connectivity index (χ2n) is 9.76. The van der Waals surface area contributed by atoms with Crippen molar-refractivity contribution in [2.75, 3.05) is 9.80 Å². The van der Waals surface area contributed by atoms with E-state index in [1.165, 1.54) is 0 Å². The summed E-state index contributed by atoms with van der Waals surface area (Å²) in [6.07, 6.45) is 0. The fourth-order valence-corrected chi connectivity index (χ4v) is 5.08. The highest BCUT2D eigenvalue weighted by Gasteiger charge is 2.15. The molecule has 0 radical (unpaired) electrons. The molecule has 4 heteroatoms. The molecule has 0 bridgehead atoms. The molecule has 0 aliphatic heterocycles.